The fourth-order valence-corrected chi connectivity index (χ4v) is 12.0. The average molecular weight is 956 g/mol. The van der Waals surface area contributed by atoms with Crippen LogP contribution in [0.5, 0.6) is 17.2 Å². The fraction of sp³-hybridized carbons (Fsp3) is 0.321. The van der Waals surface area contributed by atoms with Crippen molar-refractivity contribution >= 4 is 33.9 Å². The van der Waals surface area contributed by atoms with Gasteiger partial charge in [0, 0.05) is 11.5 Å². The van der Waals surface area contributed by atoms with Crippen molar-refractivity contribution in [2.45, 2.75) is 86.3 Å². The number of ether oxygens (including phenoxy) is 3. The Morgan fingerprint density at radius 3 is 2.11 bits per heavy atom. The second-order valence-corrected chi connectivity index (χ2v) is 28.0. The molecule has 2 atom stereocenters. The number of benzene rings is 5. The van der Waals surface area contributed by atoms with Crippen LogP contribution in [-0.2, 0) is 28.4 Å². The van der Waals surface area contributed by atoms with Gasteiger partial charge >= 0.3 is 218 Å². The third kappa shape index (κ3) is 11.9. The molecule has 0 bridgehead atoms. The number of nitrogens with zero attached hydrogens (tertiary/aromatic N) is 1. The van der Waals surface area contributed by atoms with Crippen molar-refractivity contribution in [1.82, 2.24) is 15.3 Å². The van der Waals surface area contributed by atoms with Gasteiger partial charge in [-0.3, -0.25) is 4.79 Å². The molecular formula is C53H62AsN3O7Si. The van der Waals surface area contributed by atoms with E-state index < -0.39 is 28.6 Å². The quantitative estimate of drug-likeness (QED) is 0.0476. The summed E-state index contributed by atoms with van der Waals surface area (Å²) in [5, 5.41) is 18.6. The largest absolute Gasteiger partial charge is 0.409 e. The van der Waals surface area contributed by atoms with E-state index in [-0.39, 0.29) is 16.7 Å². The maximum Gasteiger partial charge on any atom is 0.248 e. The molecule has 65 heavy (non-hydrogen) atoms. The molecule has 7 aromatic rings. The summed E-state index contributed by atoms with van der Waals surface area (Å²) in [6.07, 6.45) is 2.45. The number of fused-ring (bicyclic) bond motifs is 1. The SMILES string of the molecule is COc1ccc(COc2ccc(C(CNCc3ccc(OCCC[As](C)Cc4cnc(C(O)(c5ccccc5)c5ccccc5)o4)cc3)O[Si](C)(C)C(C)(C)C)c3ccc(=O)[nH]c23)cc1. The van der Waals surface area contributed by atoms with Gasteiger partial charge in [-0.15, -0.1) is 0 Å². The van der Waals surface area contributed by atoms with Gasteiger partial charge in [-0.1, -0.05) is 39.0 Å². The van der Waals surface area contributed by atoms with E-state index in [1.165, 1.54) is 0 Å². The maximum atomic E-state index is 12.7. The molecule has 12 heteroatoms. The minimum atomic E-state index is -2.22. The fourth-order valence-electron chi connectivity index (χ4n) is 7.52. The molecule has 2 heterocycles. The molecule has 0 radical (unpaired) electrons. The molecule has 0 saturated carbocycles. The molecule has 2 unspecified atom stereocenters. The summed E-state index contributed by atoms with van der Waals surface area (Å²) in [4.78, 5) is 20.3. The van der Waals surface area contributed by atoms with Crippen LogP contribution in [0.25, 0.3) is 10.9 Å². The molecule has 0 saturated heterocycles. The Morgan fingerprint density at radius 1 is 0.815 bits per heavy atom. The first-order valence-corrected chi connectivity index (χ1v) is 29.7. The van der Waals surface area contributed by atoms with Gasteiger partial charge < -0.3 is 18.9 Å². The van der Waals surface area contributed by atoms with Crippen molar-refractivity contribution in [2.24, 2.45) is 0 Å². The molecule has 340 valence electrons. The van der Waals surface area contributed by atoms with Crippen molar-refractivity contribution in [1.29, 1.82) is 0 Å². The summed E-state index contributed by atoms with van der Waals surface area (Å²) in [5.41, 5.74) is 5.89. The predicted octanol–water partition coefficient (Wildman–Crippen LogP) is 10.9. The Balaban J connectivity index is 0.934. The van der Waals surface area contributed by atoms with Crippen LogP contribution in [0.4, 0.5) is 0 Å². The van der Waals surface area contributed by atoms with Crippen LogP contribution in [0, 0.1) is 0 Å². The van der Waals surface area contributed by atoms with E-state index in [1.807, 2.05) is 109 Å². The molecule has 0 amide bonds. The van der Waals surface area contributed by atoms with Crippen LogP contribution < -0.4 is 25.1 Å². The first kappa shape index (κ1) is 47.5. The van der Waals surface area contributed by atoms with Crippen molar-refractivity contribution in [3.05, 3.63) is 189 Å². The van der Waals surface area contributed by atoms with Crippen LogP contribution in [0.3, 0.4) is 0 Å². The Hall–Kier alpha value is -5.42. The van der Waals surface area contributed by atoms with E-state index in [0.29, 0.717) is 54.6 Å². The number of hydrogen-bond donors (Lipinski definition) is 3. The van der Waals surface area contributed by atoms with Gasteiger partial charge in [-0.25, -0.2) is 0 Å². The van der Waals surface area contributed by atoms with Crippen LogP contribution in [-0.4, -0.2) is 58.3 Å². The number of H-pyrrole nitrogens is 1. The number of oxazole rings is 1. The summed E-state index contributed by atoms with van der Waals surface area (Å²) < 4.78 is 31.2. The first-order chi connectivity index (χ1) is 31.2. The molecular weight excluding hydrogens is 894 g/mol. The second-order valence-electron chi connectivity index (χ2n) is 18.1. The summed E-state index contributed by atoms with van der Waals surface area (Å²) >= 11 is -1.27. The molecule has 0 aliphatic rings. The van der Waals surface area contributed by atoms with Crippen LogP contribution in [0.2, 0.25) is 29.1 Å². The molecule has 2 aromatic heterocycles. The summed E-state index contributed by atoms with van der Waals surface area (Å²) in [6, 6.07) is 42.6. The zero-order chi connectivity index (χ0) is 46.0. The van der Waals surface area contributed by atoms with Crippen molar-refractivity contribution in [3.63, 3.8) is 0 Å². The molecule has 5 aromatic carbocycles. The first-order valence-electron chi connectivity index (χ1n) is 22.2. The third-order valence-corrected chi connectivity index (χ3v) is 20.8. The van der Waals surface area contributed by atoms with Gasteiger partial charge in [-0.2, -0.15) is 0 Å². The minimum absolute atomic E-state index is 0.00627. The number of aromatic amines is 1. The third-order valence-electron chi connectivity index (χ3n) is 12.2. The van der Waals surface area contributed by atoms with Gasteiger partial charge in [0.1, 0.15) is 18.1 Å². The normalized spacial score (nSPS) is 13.1. The molecule has 0 spiro atoms. The van der Waals surface area contributed by atoms with E-state index in [2.05, 4.69) is 73.1 Å². The van der Waals surface area contributed by atoms with Gasteiger partial charge in [0.25, 0.3) is 0 Å². The molecule has 0 fully saturated rings. The Kier molecular flexibility index (Phi) is 15.5. The molecule has 10 nitrogen and oxygen atoms in total. The summed E-state index contributed by atoms with van der Waals surface area (Å²) in [6.45, 7) is 13.5. The molecule has 0 aliphatic heterocycles. The smallest absolute Gasteiger partial charge is 0.248 e. The Bertz CT molecular complexity index is 2610. The van der Waals surface area contributed by atoms with Crippen molar-refractivity contribution in [3.8, 4) is 17.2 Å². The van der Waals surface area contributed by atoms with Crippen LogP contribution in [0.1, 0.15) is 72.8 Å². The van der Waals surface area contributed by atoms with E-state index in [9.17, 15) is 9.90 Å². The standard InChI is InChI=1S/C53H62AsN3O7Si/c1-52(2,3)65(6,7)64-48(45-27-29-47(50-46(45)28-30-49(58)57-50)62-37-39-21-23-42(60-5)24-22-39)36-55-34-38-19-25-43(26-20-38)61-32-14-31-54(4)33-44-35-56-51(63-44)53(59,40-15-10-8-11-16-40)41-17-12-9-13-18-41/h8-13,15-30,35,48,55,59H,14,31-34,36-37H2,1-7H3,(H,57,58). The predicted molar refractivity (Wildman–Crippen MR) is 263 cm³/mol. The van der Waals surface area contributed by atoms with E-state index in [4.69, 9.17) is 23.1 Å². The monoisotopic (exact) mass is 955 g/mol. The zero-order valence-electron chi connectivity index (χ0n) is 38.6. The van der Waals surface area contributed by atoms with Crippen LogP contribution in [0.15, 0.2) is 149 Å². The Labute approximate surface area is 388 Å². The molecule has 3 N–H and O–H groups in total. The van der Waals surface area contributed by atoms with Crippen molar-refractivity contribution < 1.29 is 28.2 Å². The second kappa shape index (κ2) is 21.3. The van der Waals surface area contributed by atoms with E-state index >= 15 is 0 Å². The number of hydrogen-bond acceptors (Lipinski definition) is 9. The summed E-state index contributed by atoms with van der Waals surface area (Å²) in [7, 11) is -0.578. The van der Waals surface area contributed by atoms with Gasteiger partial charge in [0.15, 0.2) is 8.32 Å². The average Bonchev–Trinajstić information content (AvgIpc) is 3.78. The molecule has 0 aliphatic carbocycles. The maximum absolute atomic E-state index is 12.7. The number of pyridine rings is 1. The number of aromatic nitrogens is 2. The van der Waals surface area contributed by atoms with Gasteiger partial charge in [-0.05, 0) is 53.5 Å². The van der Waals surface area contributed by atoms with Crippen LogP contribution >= 0.6 is 0 Å². The number of nitrogens with one attached hydrogen (secondary N) is 2. The van der Waals surface area contributed by atoms with E-state index in [0.717, 1.165) is 56.2 Å². The van der Waals surface area contributed by atoms with Crippen molar-refractivity contribution in [2.75, 3.05) is 20.3 Å². The summed E-state index contributed by atoms with van der Waals surface area (Å²) in [5.74, 6) is 3.34. The zero-order valence-corrected chi connectivity index (χ0v) is 41.5. The number of rotatable bonds is 21. The topological polar surface area (TPSA) is 128 Å². The van der Waals surface area contributed by atoms with Gasteiger partial charge in [0.2, 0.25) is 5.56 Å². The number of methoxy groups -OCH3 is 1. The minimum Gasteiger partial charge on any atom is -0.409 e. The molecule has 7 rings (SSSR count). The number of aliphatic hydroxyl groups is 1. The van der Waals surface area contributed by atoms with E-state index in [1.54, 1.807) is 19.4 Å². The Morgan fingerprint density at radius 2 is 1.46 bits per heavy atom. The van der Waals surface area contributed by atoms with Gasteiger partial charge in [0.05, 0.1) is 12.6 Å².